The van der Waals surface area contributed by atoms with E-state index in [2.05, 4.69) is 5.32 Å². The molecule has 0 bridgehead atoms. The van der Waals surface area contributed by atoms with Gasteiger partial charge in [-0.15, -0.1) is 0 Å². The lowest BCUT2D eigenvalue weighted by Crippen LogP contribution is -2.22. The van der Waals surface area contributed by atoms with E-state index in [1.807, 2.05) is 6.92 Å². The van der Waals surface area contributed by atoms with Crippen LogP contribution in [0.1, 0.15) is 34.6 Å². The van der Waals surface area contributed by atoms with Gasteiger partial charge in [0.05, 0.1) is 5.56 Å². The molecule has 0 radical (unpaired) electrons. The van der Waals surface area contributed by atoms with Crippen molar-refractivity contribution in [2.45, 2.75) is 13.8 Å². The molecule has 15 heavy (non-hydrogen) atoms. The van der Waals surface area contributed by atoms with Crippen molar-refractivity contribution >= 4 is 11.7 Å². The molecule has 0 heterocycles. The molecule has 0 saturated heterocycles. The number of ketones is 1. The lowest BCUT2D eigenvalue weighted by molar-refractivity contribution is 0.0956. The predicted octanol–water partition coefficient (Wildman–Crippen LogP) is 1.34. The largest absolute Gasteiger partial charge is 0.507 e. The smallest absolute Gasteiger partial charge is 0.251 e. The van der Waals surface area contributed by atoms with E-state index in [4.69, 9.17) is 0 Å². The number of carbonyl (C=O) groups is 2. The summed E-state index contributed by atoms with van der Waals surface area (Å²) < 4.78 is 0. The van der Waals surface area contributed by atoms with Crippen LogP contribution < -0.4 is 5.32 Å². The Bertz CT molecular complexity index is 399. The topological polar surface area (TPSA) is 66.4 Å². The standard InChI is InChI=1S/C11H13NO3/c1-3-12-11(15)8-4-5-10(14)9(6-8)7(2)13/h4-6,14H,3H2,1-2H3,(H,12,15). The van der Waals surface area contributed by atoms with Crippen LogP contribution in [0.2, 0.25) is 0 Å². The highest BCUT2D eigenvalue weighted by atomic mass is 16.3. The number of benzene rings is 1. The summed E-state index contributed by atoms with van der Waals surface area (Å²) in [5.41, 5.74) is 0.540. The van der Waals surface area contributed by atoms with Crippen LogP contribution in [0.25, 0.3) is 0 Å². The molecule has 1 aromatic rings. The number of nitrogens with one attached hydrogen (secondary N) is 1. The van der Waals surface area contributed by atoms with Crippen molar-refractivity contribution in [3.05, 3.63) is 29.3 Å². The maximum atomic E-state index is 11.4. The molecule has 1 aromatic carbocycles. The van der Waals surface area contributed by atoms with Gasteiger partial charge in [-0.2, -0.15) is 0 Å². The molecule has 0 aliphatic rings. The molecule has 0 aromatic heterocycles. The monoisotopic (exact) mass is 207 g/mol. The van der Waals surface area contributed by atoms with Crippen molar-refractivity contribution in [3.8, 4) is 5.75 Å². The van der Waals surface area contributed by atoms with Gasteiger partial charge in [-0.1, -0.05) is 0 Å². The molecule has 0 atom stereocenters. The van der Waals surface area contributed by atoms with E-state index in [1.165, 1.54) is 25.1 Å². The first kappa shape index (κ1) is 11.2. The van der Waals surface area contributed by atoms with Gasteiger partial charge in [0.2, 0.25) is 0 Å². The summed E-state index contributed by atoms with van der Waals surface area (Å²) in [6.45, 7) is 3.68. The van der Waals surface area contributed by atoms with Crippen LogP contribution in [0, 0.1) is 0 Å². The molecule has 4 nitrogen and oxygen atoms in total. The number of hydrogen-bond acceptors (Lipinski definition) is 3. The van der Waals surface area contributed by atoms with Crippen molar-refractivity contribution < 1.29 is 14.7 Å². The second-order valence-electron chi connectivity index (χ2n) is 3.15. The number of phenols is 1. The van der Waals surface area contributed by atoms with Gasteiger partial charge in [0.25, 0.3) is 5.91 Å². The summed E-state index contributed by atoms with van der Waals surface area (Å²) in [6.07, 6.45) is 0. The molecule has 0 unspecified atom stereocenters. The highest BCUT2D eigenvalue weighted by Gasteiger charge is 2.11. The number of rotatable bonds is 3. The van der Waals surface area contributed by atoms with E-state index in [0.717, 1.165) is 0 Å². The zero-order chi connectivity index (χ0) is 11.4. The molecule has 80 valence electrons. The molecule has 4 heteroatoms. The third-order valence-electron chi connectivity index (χ3n) is 1.98. The van der Waals surface area contributed by atoms with Crippen molar-refractivity contribution in [1.29, 1.82) is 0 Å². The minimum absolute atomic E-state index is 0.101. The Hall–Kier alpha value is -1.84. The fourth-order valence-electron chi connectivity index (χ4n) is 1.22. The van der Waals surface area contributed by atoms with Gasteiger partial charge in [-0.3, -0.25) is 9.59 Å². The Labute approximate surface area is 87.9 Å². The summed E-state index contributed by atoms with van der Waals surface area (Å²) in [6, 6.07) is 4.22. The van der Waals surface area contributed by atoms with Crippen molar-refractivity contribution in [3.63, 3.8) is 0 Å². The van der Waals surface area contributed by atoms with Crippen LogP contribution >= 0.6 is 0 Å². The quantitative estimate of drug-likeness (QED) is 0.735. The summed E-state index contributed by atoms with van der Waals surface area (Å²) in [4.78, 5) is 22.5. The van der Waals surface area contributed by atoms with Gasteiger partial charge in [0.15, 0.2) is 5.78 Å². The molecular formula is C11H13NO3. The fourth-order valence-corrected chi connectivity index (χ4v) is 1.22. The lowest BCUT2D eigenvalue weighted by atomic mass is 10.1. The van der Waals surface area contributed by atoms with Gasteiger partial charge in [0, 0.05) is 12.1 Å². The molecule has 0 fully saturated rings. The fraction of sp³-hybridized carbons (Fsp3) is 0.273. The Balaban J connectivity index is 3.07. The molecule has 0 aliphatic heterocycles. The third kappa shape index (κ3) is 2.56. The Morgan fingerprint density at radius 1 is 1.40 bits per heavy atom. The number of amides is 1. The first-order chi connectivity index (χ1) is 7.06. The number of carbonyl (C=O) groups excluding carboxylic acids is 2. The minimum Gasteiger partial charge on any atom is -0.507 e. The molecule has 2 N–H and O–H groups in total. The number of hydrogen-bond donors (Lipinski definition) is 2. The highest BCUT2D eigenvalue weighted by molar-refractivity contribution is 6.01. The first-order valence-electron chi connectivity index (χ1n) is 4.68. The van der Waals surface area contributed by atoms with Crippen LogP contribution in [0.3, 0.4) is 0 Å². The van der Waals surface area contributed by atoms with Crippen molar-refractivity contribution in [2.75, 3.05) is 6.54 Å². The SMILES string of the molecule is CCNC(=O)c1ccc(O)c(C(C)=O)c1. The van der Waals surface area contributed by atoms with Gasteiger partial charge in [0.1, 0.15) is 5.75 Å². The highest BCUT2D eigenvalue weighted by Crippen LogP contribution is 2.18. The maximum Gasteiger partial charge on any atom is 0.251 e. The van der Waals surface area contributed by atoms with Gasteiger partial charge >= 0.3 is 0 Å². The summed E-state index contributed by atoms with van der Waals surface area (Å²) >= 11 is 0. The second kappa shape index (κ2) is 4.59. The van der Waals surface area contributed by atoms with Gasteiger partial charge < -0.3 is 10.4 Å². The van der Waals surface area contributed by atoms with Crippen LogP contribution in [-0.2, 0) is 0 Å². The van der Waals surface area contributed by atoms with E-state index < -0.39 is 0 Å². The average Bonchev–Trinajstić information content (AvgIpc) is 2.18. The number of phenolic OH excluding ortho intramolecular Hbond substituents is 1. The van der Waals surface area contributed by atoms with E-state index in [1.54, 1.807) is 0 Å². The molecular weight excluding hydrogens is 194 g/mol. The number of Topliss-reactive ketones (excluding diaryl/α,β-unsaturated/α-hetero) is 1. The minimum atomic E-state index is -0.265. The molecule has 0 aliphatic carbocycles. The van der Waals surface area contributed by atoms with Crippen molar-refractivity contribution in [2.24, 2.45) is 0 Å². The van der Waals surface area contributed by atoms with Crippen LogP contribution in [-0.4, -0.2) is 23.3 Å². The molecule has 1 amide bonds. The number of aromatic hydroxyl groups is 1. The zero-order valence-corrected chi connectivity index (χ0v) is 8.70. The Kier molecular flexibility index (Phi) is 3.44. The summed E-state index contributed by atoms with van der Waals surface area (Å²) in [5.74, 6) is -0.616. The molecule has 0 saturated carbocycles. The van der Waals surface area contributed by atoms with E-state index in [-0.39, 0.29) is 23.0 Å². The average molecular weight is 207 g/mol. The second-order valence-corrected chi connectivity index (χ2v) is 3.15. The molecule has 0 spiro atoms. The molecule has 1 rings (SSSR count). The van der Waals surface area contributed by atoms with Crippen LogP contribution in [0.4, 0.5) is 0 Å². The normalized spacial score (nSPS) is 9.73. The Morgan fingerprint density at radius 3 is 2.60 bits per heavy atom. The van der Waals surface area contributed by atoms with Gasteiger partial charge in [-0.25, -0.2) is 0 Å². The first-order valence-corrected chi connectivity index (χ1v) is 4.68. The van der Waals surface area contributed by atoms with E-state index in [9.17, 15) is 14.7 Å². The summed E-state index contributed by atoms with van der Waals surface area (Å²) in [5, 5.41) is 12.0. The van der Waals surface area contributed by atoms with E-state index in [0.29, 0.717) is 12.1 Å². The maximum absolute atomic E-state index is 11.4. The van der Waals surface area contributed by atoms with Crippen LogP contribution in [0.15, 0.2) is 18.2 Å². The Morgan fingerprint density at radius 2 is 2.07 bits per heavy atom. The predicted molar refractivity (Wildman–Crippen MR) is 56.1 cm³/mol. The van der Waals surface area contributed by atoms with Crippen molar-refractivity contribution in [1.82, 2.24) is 5.32 Å². The van der Waals surface area contributed by atoms with Gasteiger partial charge in [-0.05, 0) is 32.0 Å². The van der Waals surface area contributed by atoms with Crippen LogP contribution in [0.5, 0.6) is 5.75 Å². The van der Waals surface area contributed by atoms with E-state index >= 15 is 0 Å². The lowest BCUT2D eigenvalue weighted by Gasteiger charge is -2.05. The zero-order valence-electron chi connectivity index (χ0n) is 8.70. The summed E-state index contributed by atoms with van der Waals surface area (Å²) in [7, 11) is 0. The third-order valence-corrected chi connectivity index (χ3v) is 1.98.